The summed E-state index contributed by atoms with van der Waals surface area (Å²) in [5.41, 5.74) is 3.57. The minimum absolute atomic E-state index is 0.985. The van der Waals surface area contributed by atoms with Gasteiger partial charge < -0.3 is 4.74 Å². The Hall–Kier alpha value is -0.560. The van der Waals surface area contributed by atoms with E-state index in [2.05, 4.69) is 26.0 Å². The average Bonchev–Trinajstić information content (AvgIpc) is 3.27. The van der Waals surface area contributed by atoms with Crippen molar-refractivity contribution in [1.82, 2.24) is 0 Å². The van der Waals surface area contributed by atoms with Gasteiger partial charge in [0.1, 0.15) is 0 Å². The molecule has 59 heavy (non-hydrogen) atoms. The zero-order valence-electron chi connectivity index (χ0n) is 40.6. The zero-order chi connectivity index (χ0) is 41.3. The summed E-state index contributed by atoms with van der Waals surface area (Å²) in [4.78, 5) is 0. The lowest BCUT2D eigenvalue weighted by Gasteiger charge is -2.29. The Morgan fingerprint density at radius 1 is 0.339 bits per heavy atom. The van der Waals surface area contributed by atoms with Crippen LogP contribution in [0.25, 0.3) is 0 Å². The van der Waals surface area contributed by atoms with Gasteiger partial charge in [0.05, 0.1) is 0 Å². The lowest BCUT2D eigenvalue weighted by molar-refractivity contribution is 0.125. The van der Waals surface area contributed by atoms with Crippen LogP contribution in [0.2, 0.25) is 0 Å². The topological polar surface area (TPSA) is 9.23 Å². The quantitative estimate of drug-likeness (QED) is 0.0452. The smallest absolute Gasteiger partial charge is 0.0466 e. The normalized spacial score (nSPS) is 25.3. The Morgan fingerprint density at radius 2 is 0.644 bits per heavy atom. The number of hydrogen-bond acceptors (Lipinski definition) is 1. The van der Waals surface area contributed by atoms with Crippen molar-refractivity contribution < 1.29 is 4.74 Å². The van der Waals surface area contributed by atoms with Crippen molar-refractivity contribution in [2.24, 2.45) is 35.5 Å². The molecule has 2 unspecified atom stereocenters. The van der Waals surface area contributed by atoms with Crippen LogP contribution in [0.3, 0.4) is 0 Å². The maximum absolute atomic E-state index is 6.03. The largest absolute Gasteiger partial charge is 0.381 e. The second-order valence-corrected chi connectivity index (χ2v) is 21.7. The standard InChI is InChI=1S/C58H106O/c1-3-5-7-9-15-25-51-33-41-55(42-34-51)29-19-21-31-57-45-37-53(38-46-57)27-17-11-13-23-49-59-50-24-14-12-18-28-54-39-47-58(48-40-54)32-22-20-30-56-43-35-52(36-44-56)26-16-10-8-6-4-2/h37,39,51-52,55-58H,3-36,38,40-50H2,1-2H3. The van der Waals surface area contributed by atoms with Crippen molar-refractivity contribution in [1.29, 1.82) is 0 Å². The molecule has 2 fully saturated rings. The van der Waals surface area contributed by atoms with Gasteiger partial charge in [-0.3, -0.25) is 0 Å². The fraction of sp³-hybridized carbons (Fsp3) is 0.931. The van der Waals surface area contributed by atoms with Gasteiger partial charge in [-0.15, -0.1) is 0 Å². The van der Waals surface area contributed by atoms with Crippen molar-refractivity contribution in [3.8, 4) is 0 Å². The Bertz CT molecular complexity index is 926. The van der Waals surface area contributed by atoms with E-state index in [4.69, 9.17) is 4.74 Å². The van der Waals surface area contributed by atoms with E-state index in [0.717, 1.165) is 48.7 Å². The molecule has 2 atom stereocenters. The molecule has 0 N–H and O–H groups in total. The lowest BCUT2D eigenvalue weighted by atomic mass is 9.77. The third-order valence-corrected chi connectivity index (χ3v) is 16.6. The summed E-state index contributed by atoms with van der Waals surface area (Å²) >= 11 is 0. The van der Waals surface area contributed by atoms with E-state index in [1.807, 2.05) is 0 Å². The molecule has 0 spiro atoms. The highest BCUT2D eigenvalue weighted by atomic mass is 16.5. The first-order chi connectivity index (χ1) is 29.2. The van der Waals surface area contributed by atoms with Crippen molar-refractivity contribution in [2.45, 2.75) is 296 Å². The SMILES string of the molecule is CCCCCCCC1CCC(CCCCC2CC=C(CCCCCCOCCCCCCC3=CCC(CCCCC4CCC(CCCCCCC)CC4)CC3)CC2)CC1. The predicted octanol–water partition coefficient (Wildman–Crippen LogP) is 19.8. The second kappa shape index (κ2) is 34.9. The molecule has 0 heterocycles. The van der Waals surface area contributed by atoms with Gasteiger partial charge in [-0.2, -0.15) is 0 Å². The van der Waals surface area contributed by atoms with Crippen LogP contribution in [0.5, 0.6) is 0 Å². The van der Waals surface area contributed by atoms with Crippen LogP contribution in [0, 0.1) is 35.5 Å². The maximum Gasteiger partial charge on any atom is 0.0466 e. The van der Waals surface area contributed by atoms with E-state index in [1.165, 1.54) is 231 Å². The van der Waals surface area contributed by atoms with Gasteiger partial charge in [0.2, 0.25) is 0 Å². The third kappa shape index (κ3) is 25.4. The van der Waals surface area contributed by atoms with Crippen LogP contribution in [0.4, 0.5) is 0 Å². The predicted molar refractivity (Wildman–Crippen MR) is 262 cm³/mol. The van der Waals surface area contributed by atoms with E-state index < -0.39 is 0 Å². The molecule has 0 aliphatic heterocycles. The minimum Gasteiger partial charge on any atom is -0.381 e. The first-order valence-corrected chi connectivity index (χ1v) is 28.1. The number of ether oxygens (including phenoxy) is 1. The van der Waals surface area contributed by atoms with Crippen molar-refractivity contribution in [2.75, 3.05) is 13.2 Å². The highest BCUT2D eigenvalue weighted by Gasteiger charge is 2.23. The van der Waals surface area contributed by atoms with Crippen molar-refractivity contribution in [3.05, 3.63) is 23.3 Å². The van der Waals surface area contributed by atoms with Crippen LogP contribution < -0.4 is 0 Å². The first kappa shape index (κ1) is 51.1. The molecule has 0 bridgehead atoms. The van der Waals surface area contributed by atoms with E-state index >= 15 is 0 Å². The fourth-order valence-corrected chi connectivity index (χ4v) is 12.2. The third-order valence-electron chi connectivity index (χ3n) is 16.6. The summed E-state index contributed by atoms with van der Waals surface area (Å²) < 4.78 is 6.03. The van der Waals surface area contributed by atoms with E-state index in [0.29, 0.717) is 0 Å². The molecule has 344 valence electrons. The molecule has 4 rings (SSSR count). The summed E-state index contributed by atoms with van der Waals surface area (Å²) in [6, 6.07) is 0. The zero-order valence-corrected chi connectivity index (χ0v) is 40.6. The molecule has 0 aromatic carbocycles. The summed E-state index contributed by atoms with van der Waals surface area (Å²) in [7, 11) is 0. The molecule has 4 aliphatic rings. The summed E-state index contributed by atoms with van der Waals surface area (Å²) in [6.07, 6.45) is 69.4. The van der Waals surface area contributed by atoms with Gasteiger partial charge in [-0.05, 0) is 113 Å². The van der Waals surface area contributed by atoms with Gasteiger partial charge in [-0.1, -0.05) is 243 Å². The van der Waals surface area contributed by atoms with Crippen molar-refractivity contribution >= 4 is 0 Å². The van der Waals surface area contributed by atoms with Gasteiger partial charge >= 0.3 is 0 Å². The van der Waals surface area contributed by atoms with Crippen LogP contribution in [-0.4, -0.2) is 13.2 Å². The number of unbranched alkanes of at least 4 members (excludes halogenated alkanes) is 16. The van der Waals surface area contributed by atoms with Gasteiger partial charge in [0.15, 0.2) is 0 Å². The van der Waals surface area contributed by atoms with Crippen molar-refractivity contribution in [3.63, 3.8) is 0 Å². The average molecular weight is 819 g/mol. The molecule has 0 radical (unpaired) electrons. The monoisotopic (exact) mass is 819 g/mol. The second-order valence-electron chi connectivity index (χ2n) is 21.7. The van der Waals surface area contributed by atoms with Crippen LogP contribution >= 0.6 is 0 Å². The lowest BCUT2D eigenvalue weighted by Crippen LogP contribution is -2.14. The summed E-state index contributed by atoms with van der Waals surface area (Å²) in [5.74, 6) is 6.24. The summed E-state index contributed by atoms with van der Waals surface area (Å²) in [6.45, 7) is 6.63. The number of rotatable bonds is 36. The van der Waals surface area contributed by atoms with E-state index in [9.17, 15) is 0 Å². The van der Waals surface area contributed by atoms with E-state index in [1.54, 1.807) is 62.5 Å². The molecule has 1 heteroatoms. The Balaban J connectivity index is 0.839. The molecule has 1 nitrogen and oxygen atoms in total. The van der Waals surface area contributed by atoms with E-state index in [-0.39, 0.29) is 0 Å². The molecule has 0 aromatic rings. The molecule has 0 aromatic heterocycles. The molecule has 0 saturated heterocycles. The summed E-state index contributed by atoms with van der Waals surface area (Å²) in [5, 5.41) is 0. The van der Waals surface area contributed by atoms with Crippen LogP contribution in [-0.2, 0) is 4.74 Å². The molecule has 2 saturated carbocycles. The molecular weight excluding hydrogens is 713 g/mol. The Kier molecular flexibility index (Phi) is 30.2. The van der Waals surface area contributed by atoms with Gasteiger partial charge in [0.25, 0.3) is 0 Å². The minimum atomic E-state index is 0.985. The number of hydrogen-bond donors (Lipinski definition) is 0. The van der Waals surface area contributed by atoms with Gasteiger partial charge in [0, 0.05) is 13.2 Å². The molecule has 4 aliphatic carbocycles. The molecule has 0 amide bonds. The fourth-order valence-electron chi connectivity index (χ4n) is 12.2. The number of allylic oxidation sites excluding steroid dienone is 4. The first-order valence-electron chi connectivity index (χ1n) is 28.1. The maximum atomic E-state index is 6.03. The Morgan fingerprint density at radius 3 is 0.983 bits per heavy atom. The van der Waals surface area contributed by atoms with Crippen LogP contribution in [0.1, 0.15) is 296 Å². The highest BCUT2D eigenvalue weighted by molar-refractivity contribution is 5.07. The highest BCUT2D eigenvalue weighted by Crippen LogP contribution is 2.37. The van der Waals surface area contributed by atoms with Gasteiger partial charge in [-0.25, -0.2) is 0 Å². The molecular formula is C58H106O. The van der Waals surface area contributed by atoms with Crippen LogP contribution in [0.15, 0.2) is 23.3 Å². The Labute approximate surface area is 371 Å².